The first-order valence-electron chi connectivity index (χ1n) is 4.64. The molecule has 0 radical (unpaired) electrons. The molecule has 1 heterocycles. The van der Waals surface area contributed by atoms with Gasteiger partial charge in [-0.05, 0) is 30.0 Å². The summed E-state index contributed by atoms with van der Waals surface area (Å²) in [5.41, 5.74) is 3.03. The van der Waals surface area contributed by atoms with Crippen molar-refractivity contribution >= 4 is 22.6 Å². The summed E-state index contributed by atoms with van der Waals surface area (Å²) in [6, 6.07) is 2.09. The van der Waals surface area contributed by atoms with Crippen LogP contribution in [-0.2, 0) is 0 Å². The minimum Gasteiger partial charge on any atom is -0.355 e. The van der Waals surface area contributed by atoms with E-state index in [4.69, 9.17) is 16.1 Å². The van der Waals surface area contributed by atoms with Crippen LogP contribution in [0.4, 0.5) is 0 Å². The van der Waals surface area contributed by atoms with Crippen LogP contribution in [0.25, 0.3) is 11.0 Å². The molecule has 0 N–H and O–H groups in total. The molecule has 1 aromatic heterocycles. The van der Waals surface area contributed by atoms with E-state index >= 15 is 0 Å². The number of aromatic nitrogens is 1. The summed E-state index contributed by atoms with van der Waals surface area (Å²) in [6.45, 7) is 6.32. The Morgan fingerprint density at radius 1 is 1.43 bits per heavy atom. The molecule has 74 valence electrons. The quantitative estimate of drug-likeness (QED) is 0.712. The van der Waals surface area contributed by atoms with Gasteiger partial charge in [0, 0.05) is 5.39 Å². The van der Waals surface area contributed by atoms with Crippen LogP contribution in [0.2, 0.25) is 5.02 Å². The van der Waals surface area contributed by atoms with Crippen LogP contribution in [0.15, 0.2) is 16.8 Å². The maximum absolute atomic E-state index is 6.18. The molecule has 3 heteroatoms. The van der Waals surface area contributed by atoms with Gasteiger partial charge < -0.3 is 4.52 Å². The van der Waals surface area contributed by atoms with Gasteiger partial charge in [0.15, 0.2) is 5.58 Å². The summed E-state index contributed by atoms with van der Waals surface area (Å²) in [4.78, 5) is 0. The van der Waals surface area contributed by atoms with E-state index < -0.39 is 0 Å². The molecule has 0 aliphatic carbocycles. The Kier molecular flexibility index (Phi) is 2.23. The maximum atomic E-state index is 6.18. The van der Waals surface area contributed by atoms with E-state index in [1.807, 2.05) is 6.92 Å². The molecule has 2 aromatic rings. The van der Waals surface area contributed by atoms with Crippen molar-refractivity contribution in [3.05, 3.63) is 28.4 Å². The Labute approximate surface area is 87.8 Å². The second-order valence-corrected chi connectivity index (χ2v) is 4.18. The summed E-state index contributed by atoms with van der Waals surface area (Å²) < 4.78 is 5.08. The van der Waals surface area contributed by atoms with Gasteiger partial charge in [-0.3, -0.25) is 0 Å². The molecule has 2 rings (SSSR count). The van der Waals surface area contributed by atoms with Crippen LogP contribution in [-0.4, -0.2) is 5.16 Å². The zero-order valence-corrected chi connectivity index (χ0v) is 9.22. The van der Waals surface area contributed by atoms with Gasteiger partial charge in [0.2, 0.25) is 0 Å². The van der Waals surface area contributed by atoms with Crippen LogP contribution in [0.5, 0.6) is 0 Å². The van der Waals surface area contributed by atoms with Crippen LogP contribution in [0.3, 0.4) is 0 Å². The fraction of sp³-hybridized carbons (Fsp3) is 0.364. The molecule has 1 aromatic carbocycles. The summed E-state index contributed by atoms with van der Waals surface area (Å²) in [7, 11) is 0. The Bertz CT molecular complexity index is 473. The Morgan fingerprint density at radius 3 is 2.79 bits per heavy atom. The molecular formula is C11H12ClNO. The third-order valence-electron chi connectivity index (χ3n) is 2.49. The van der Waals surface area contributed by atoms with Gasteiger partial charge in [0.05, 0.1) is 11.2 Å². The Morgan fingerprint density at radius 2 is 2.14 bits per heavy atom. The van der Waals surface area contributed by atoms with Crippen LogP contribution < -0.4 is 0 Å². The fourth-order valence-electron chi connectivity index (χ4n) is 1.69. The third kappa shape index (κ3) is 1.30. The number of rotatable bonds is 1. The molecular weight excluding hydrogens is 198 g/mol. The largest absolute Gasteiger partial charge is 0.355 e. The zero-order chi connectivity index (χ0) is 10.3. The van der Waals surface area contributed by atoms with Gasteiger partial charge in [-0.15, -0.1) is 0 Å². The maximum Gasteiger partial charge on any atom is 0.185 e. The standard InChI is InChI=1S/C11H12ClNO/c1-6(2)9-4-8-5-13-14-11(8)10(12)7(9)3/h4-6H,1-3H3. The Hall–Kier alpha value is -1.02. The lowest BCUT2D eigenvalue weighted by Gasteiger charge is -2.10. The average molecular weight is 210 g/mol. The SMILES string of the molecule is Cc1c(C(C)C)cc2cnoc2c1Cl. The van der Waals surface area contributed by atoms with Crippen molar-refractivity contribution in [3.8, 4) is 0 Å². The highest BCUT2D eigenvalue weighted by atomic mass is 35.5. The molecule has 0 atom stereocenters. The van der Waals surface area contributed by atoms with Gasteiger partial charge in [0.1, 0.15) is 0 Å². The summed E-state index contributed by atoms with van der Waals surface area (Å²) in [6.07, 6.45) is 1.70. The highest BCUT2D eigenvalue weighted by Gasteiger charge is 2.13. The van der Waals surface area contributed by atoms with Crippen molar-refractivity contribution in [2.45, 2.75) is 26.7 Å². The van der Waals surface area contributed by atoms with Crippen LogP contribution >= 0.6 is 11.6 Å². The van der Waals surface area contributed by atoms with Crippen molar-refractivity contribution in [3.63, 3.8) is 0 Å². The van der Waals surface area contributed by atoms with Gasteiger partial charge in [-0.1, -0.05) is 30.6 Å². The van der Waals surface area contributed by atoms with Crippen molar-refractivity contribution in [2.24, 2.45) is 0 Å². The van der Waals surface area contributed by atoms with E-state index in [0.29, 0.717) is 16.5 Å². The molecule has 0 unspecified atom stereocenters. The number of hydrogen-bond donors (Lipinski definition) is 0. The predicted octanol–water partition coefficient (Wildman–Crippen LogP) is 3.91. The monoisotopic (exact) mass is 209 g/mol. The van der Waals surface area contributed by atoms with Crippen molar-refractivity contribution in [1.82, 2.24) is 5.16 Å². The van der Waals surface area contributed by atoms with Gasteiger partial charge in [-0.25, -0.2) is 0 Å². The molecule has 0 saturated heterocycles. The number of halogens is 1. The van der Waals surface area contributed by atoms with E-state index in [-0.39, 0.29) is 0 Å². The molecule has 0 saturated carbocycles. The van der Waals surface area contributed by atoms with Crippen LogP contribution in [0, 0.1) is 6.92 Å². The summed E-state index contributed by atoms with van der Waals surface area (Å²) in [5, 5.41) is 5.40. The van der Waals surface area contributed by atoms with E-state index in [1.54, 1.807) is 6.20 Å². The number of hydrogen-bond acceptors (Lipinski definition) is 2. The fourth-order valence-corrected chi connectivity index (χ4v) is 1.94. The molecule has 14 heavy (non-hydrogen) atoms. The number of nitrogens with zero attached hydrogens (tertiary/aromatic N) is 1. The van der Waals surface area contributed by atoms with E-state index in [1.165, 1.54) is 5.56 Å². The van der Waals surface area contributed by atoms with Gasteiger partial charge in [-0.2, -0.15) is 0 Å². The molecule has 0 aliphatic rings. The second-order valence-electron chi connectivity index (χ2n) is 3.80. The molecule has 2 nitrogen and oxygen atoms in total. The first-order valence-corrected chi connectivity index (χ1v) is 5.02. The lowest BCUT2D eigenvalue weighted by Crippen LogP contribution is -1.92. The van der Waals surface area contributed by atoms with Crippen molar-refractivity contribution in [1.29, 1.82) is 0 Å². The molecule has 0 spiro atoms. The van der Waals surface area contributed by atoms with Gasteiger partial charge in [0.25, 0.3) is 0 Å². The lowest BCUT2D eigenvalue weighted by atomic mass is 9.97. The third-order valence-corrected chi connectivity index (χ3v) is 2.95. The van der Waals surface area contributed by atoms with E-state index in [0.717, 1.165) is 10.9 Å². The number of benzene rings is 1. The Balaban J connectivity index is 2.80. The summed E-state index contributed by atoms with van der Waals surface area (Å²) >= 11 is 6.18. The highest BCUT2D eigenvalue weighted by Crippen LogP contribution is 2.32. The average Bonchev–Trinajstić information content (AvgIpc) is 2.58. The molecule has 0 aliphatic heterocycles. The first kappa shape index (κ1) is 9.53. The van der Waals surface area contributed by atoms with E-state index in [9.17, 15) is 0 Å². The second kappa shape index (κ2) is 3.28. The first-order chi connectivity index (χ1) is 6.61. The lowest BCUT2D eigenvalue weighted by molar-refractivity contribution is 0.456. The molecule has 0 bridgehead atoms. The molecule has 0 amide bonds. The van der Waals surface area contributed by atoms with Crippen molar-refractivity contribution < 1.29 is 4.52 Å². The van der Waals surface area contributed by atoms with Crippen LogP contribution in [0.1, 0.15) is 30.9 Å². The minimum absolute atomic E-state index is 0.465. The minimum atomic E-state index is 0.465. The smallest absolute Gasteiger partial charge is 0.185 e. The number of fused-ring (bicyclic) bond motifs is 1. The van der Waals surface area contributed by atoms with Crippen molar-refractivity contribution in [2.75, 3.05) is 0 Å². The van der Waals surface area contributed by atoms with Gasteiger partial charge >= 0.3 is 0 Å². The highest BCUT2D eigenvalue weighted by molar-refractivity contribution is 6.35. The zero-order valence-electron chi connectivity index (χ0n) is 8.47. The normalized spacial score (nSPS) is 11.5. The predicted molar refractivity (Wildman–Crippen MR) is 57.8 cm³/mol. The topological polar surface area (TPSA) is 26.0 Å². The molecule has 0 fully saturated rings. The van der Waals surface area contributed by atoms with E-state index in [2.05, 4.69) is 25.1 Å². The summed E-state index contributed by atoms with van der Waals surface area (Å²) in [5.74, 6) is 0.465.